The van der Waals surface area contributed by atoms with Crippen molar-refractivity contribution in [3.05, 3.63) is 71.0 Å². The van der Waals surface area contributed by atoms with Crippen LogP contribution in [0.15, 0.2) is 59.1 Å². The van der Waals surface area contributed by atoms with Crippen LogP contribution in [0.2, 0.25) is 5.02 Å². The number of rotatable bonds is 11. The predicted octanol–water partition coefficient (Wildman–Crippen LogP) is 6.64. The van der Waals surface area contributed by atoms with Crippen LogP contribution >= 0.6 is 11.6 Å². The molecular formula is C35H45ClFN5O7. The van der Waals surface area contributed by atoms with Gasteiger partial charge in [0.15, 0.2) is 11.6 Å². The van der Waals surface area contributed by atoms with E-state index in [9.17, 15) is 23.6 Å². The minimum Gasteiger partial charge on any atom is -0.447 e. The van der Waals surface area contributed by atoms with E-state index in [4.69, 9.17) is 25.6 Å². The summed E-state index contributed by atoms with van der Waals surface area (Å²) in [6.45, 7) is 6.53. The summed E-state index contributed by atoms with van der Waals surface area (Å²) < 4.78 is 30.1. The number of ether oxygens (including phenoxy) is 2. The number of carbonyl (C=O) groups excluding carboxylic acids is 4. The van der Waals surface area contributed by atoms with Crippen molar-refractivity contribution >= 4 is 41.4 Å². The van der Waals surface area contributed by atoms with Crippen LogP contribution in [0.4, 0.5) is 19.8 Å². The molecule has 49 heavy (non-hydrogen) atoms. The molecule has 4 rings (SSSR count). The Balaban J connectivity index is 0.00000650. The highest BCUT2D eigenvalue weighted by Crippen LogP contribution is 2.23. The molecule has 14 heteroatoms. The maximum absolute atomic E-state index is 13.9. The van der Waals surface area contributed by atoms with Crippen molar-refractivity contribution in [2.45, 2.75) is 65.5 Å². The average Bonchev–Trinajstić information content (AvgIpc) is 3.53. The first-order valence-electron chi connectivity index (χ1n) is 15.7. The summed E-state index contributed by atoms with van der Waals surface area (Å²) >= 11 is 6.07. The number of aryl methyl sites for hydroxylation is 1. The number of halogens is 2. The summed E-state index contributed by atoms with van der Waals surface area (Å²) in [4.78, 5) is 56.2. The summed E-state index contributed by atoms with van der Waals surface area (Å²) in [5, 5.41) is 6.35. The van der Waals surface area contributed by atoms with Crippen LogP contribution in [0.5, 0.6) is 0 Å². The fraction of sp³-hybridized carbons (Fsp3) is 0.457. The maximum atomic E-state index is 13.9. The van der Waals surface area contributed by atoms with Gasteiger partial charge < -0.3 is 28.7 Å². The molecule has 1 aromatic heterocycles. The number of nitrogens with one attached hydrogen (secondary N) is 1. The molecular weight excluding hydrogens is 657 g/mol. The highest BCUT2D eigenvalue weighted by molar-refractivity contribution is 6.31. The fourth-order valence-corrected chi connectivity index (χ4v) is 5.27. The van der Waals surface area contributed by atoms with E-state index in [2.05, 4.69) is 10.5 Å². The largest absolute Gasteiger partial charge is 0.447 e. The second kappa shape index (κ2) is 17.7. The Morgan fingerprint density at radius 2 is 1.69 bits per heavy atom. The summed E-state index contributed by atoms with van der Waals surface area (Å²) in [6.07, 6.45) is -0.756. The smallest absolute Gasteiger partial charge is 0.412 e. The normalized spacial score (nSPS) is 13.6. The topological polar surface area (TPSA) is 135 Å². The molecule has 12 nitrogen and oxygen atoms in total. The molecule has 4 amide bonds. The van der Waals surface area contributed by atoms with E-state index >= 15 is 0 Å². The van der Waals surface area contributed by atoms with Gasteiger partial charge in [0, 0.05) is 57.7 Å². The van der Waals surface area contributed by atoms with Crippen LogP contribution in [0, 0.1) is 5.82 Å². The Morgan fingerprint density at radius 1 is 1.02 bits per heavy atom. The number of hydrogen-bond donors (Lipinski definition) is 1. The lowest BCUT2D eigenvalue weighted by molar-refractivity contribution is -0.136. The van der Waals surface area contributed by atoms with Crippen LogP contribution in [-0.2, 0) is 25.5 Å². The van der Waals surface area contributed by atoms with Crippen molar-refractivity contribution in [2.24, 2.45) is 0 Å². The first-order valence-corrected chi connectivity index (χ1v) is 16.1. The number of hydrogen-bond acceptors (Lipinski definition) is 8. The van der Waals surface area contributed by atoms with E-state index in [1.807, 2.05) is 30.3 Å². The Hall–Kier alpha value is -4.65. The van der Waals surface area contributed by atoms with Crippen LogP contribution in [-0.4, -0.2) is 95.3 Å². The van der Waals surface area contributed by atoms with Crippen molar-refractivity contribution < 1.29 is 37.6 Å². The van der Waals surface area contributed by atoms with Crippen molar-refractivity contribution in [2.75, 3.05) is 45.2 Å². The summed E-state index contributed by atoms with van der Waals surface area (Å²) in [7, 11) is 1.56. The maximum Gasteiger partial charge on any atom is 0.412 e. The molecule has 0 saturated carbocycles. The van der Waals surface area contributed by atoms with E-state index in [1.54, 1.807) is 49.8 Å². The molecule has 1 aliphatic rings. The lowest BCUT2D eigenvalue weighted by Crippen LogP contribution is -2.51. The molecule has 0 spiro atoms. The second-order valence-corrected chi connectivity index (χ2v) is 12.8. The molecule has 0 unspecified atom stereocenters. The Kier molecular flexibility index (Phi) is 14.0. The van der Waals surface area contributed by atoms with Crippen LogP contribution < -0.4 is 5.32 Å². The fourth-order valence-electron chi connectivity index (χ4n) is 5.05. The SMILES string of the molecule is C.CN(C(=O)CCc1cccc(F)c1Cl)[C@@H](CCC(=O)N1CCN(C(=O)OC(C)(C)C)CC1)COC(=O)Nc1cc(-c2ccccc2)on1. The molecule has 0 radical (unpaired) electrons. The lowest BCUT2D eigenvalue weighted by Gasteiger charge is -2.36. The van der Waals surface area contributed by atoms with Gasteiger partial charge in [0.1, 0.15) is 18.0 Å². The number of anilines is 1. The molecule has 1 N–H and O–H groups in total. The molecule has 1 saturated heterocycles. The predicted molar refractivity (Wildman–Crippen MR) is 184 cm³/mol. The quantitative estimate of drug-likeness (QED) is 0.235. The molecule has 2 heterocycles. The minimum absolute atomic E-state index is 0. The number of carbonyl (C=O) groups is 4. The minimum atomic E-state index is -0.815. The number of aromatic nitrogens is 1. The van der Waals surface area contributed by atoms with E-state index in [0.717, 1.165) is 5.56 Å². The van der Waals surface area contributed by atoms with Gasteiger partial charge in [-0.15, -0.1) is 0 Å². The van der Waals surface area contributed by atoms with E-state index in [0.29, 0.717) is 37.5 Å². The highest BCUT2D eigenvalue weighted by Gasteiger charge is 2.29. The molecule has 0 bridgehead atoms. The van der Waals surface area contributed by atoms with Crippen molar-refractivity contribution in [3.63, 3.8) is 0 Å². The second-order valence-electron chi connectivity index (χ2n) is 12.4. The van der Waals surface area contributed by atoms with Crippen molar-refractivity contribution in [3.8, 4) is 11.3 Å². The lowest BCUT2D eigenvalue weighted by atomic mass is 10.1. The zero-order valence-electron chi connectivity index (χ0n) is 27.5. The molecule has 2 aromatic carbocycles. The van der Waals surface area contributed by atoms with E-state index in [-0.39, 0.29) is 62.4 Å². The number of benzene rings is 2. The highest BCUT2D eigenvalue weighted by atomic mass is 35.5. The third-order valence-corrected chi connectivity index (χ3v) is 8.19. The van der Waals surface area contributed by atoms with Gasteiger partial charge >= 0.3 is 12.2 Å². The van der Waals surface area contributed by atoms with Gasteiger partial charge in [-0.05, 0) is 45.2 Å². The van der Waals surface area contributed by atoms with Gasteiger partial charge in [-0.2, -0.15) is 0 Å². The molecule has 1 fully saturated rings. The number of piperazine rings is 1. The van der Waals surface area contributed by atoms with Gasteiger partial charge in [-0.3, -0.25) is 14.9 Å². The van der Waals surface area contributed by atoms with Gasteiger partial charge in [-0.25, -0.2) is 14.0 Å². The monoisotopic (exact) mass is 701 g/mol. The first kappa shape index (κ1) is 38.8. The Bertz CT molecular complexity index is 1570. The Morgan fingerprint density at radius 3 is 2.37 bits per heavy atom. The van der Waals surface area contributed by atoms with Crippen molar-refractivity contribution in [1.82, 2.24) is 19.9 Å². The van der Waals surface area contributed by atoms with Crippen LogP contribution in [0.3, 0.4) is 0 Å². The van der Waals surface area contributed by atoms with Gasteiger partial charge in [-0.1, -0.05) is 66.6 Å². The molecule has 1 aliphatic heterocycles. The Labute approximate surface area is 291 Å². The summed E-state index contributed by atoms with van der Waals surface area (Å²) in [5.74, 6) is -0.422. The zero-order chi connectivity index (χ0) is 34.8. The number of nitrogens with zero attached hydrogens (tertiary/aromatic N) is 4. The first-order chi connectivity index (χ1) is 22.8. The number of amides is 4. The van der Waals surface area contributed by atoms with E-state index < -0.39 is 29.6 Å². The number of likely N-dealkylation sites (N-methyl/N-ethyl adjacent to an activating group) is 1. The van der Waals surface area contributed by atoms with E-state index in [1.165, 1.54) is 17.0 Å². The zero-order valence-corrected chi connectivity index (χ0v) is 28.3. The van der Waals surface area contributed by atoms with Crippen LogP contribution in [0.1, 0.15) is 53.0 Å². The van der Waals surface area contributed by atoms with Gasteiger partial charge in [0.25, 0.3) is 0 Å². The molecule has 3 aromatic rings. The molecule has 0 aliphatic carbocycles. The van der Waals surface area contributed by atoms with Crippen LogP contribution in [0.25, 0.3) is 11.3 Å². The summed E-state index contributed by atoms with van der Waals surface area (Å²) in [5.41, 5.74) is 0.654. The summed E-state index contributed by atoms with van der Waals surface area (Å²) in [6, 6.07) is 14.6. The molecule has 266 valence electrons. The standard InChI is InChI=1S/C34H41ClFN5O7.CH4/c1-34(2,3)47-33(45)41-19-17-40(18-20-41)30(43)16-14-25(39(4)29(42)15-13-24-11-8-12-26(36)31(24)35)22-46-32(44)37-28-21-27(48-38-28)23-9-6-5-7-10-23;/h5-12,21,25H,13-20,22H2,1-4H3,(H,37,38,44);1H4/t25-;/m0./s1. The third-order valence-electron chi connectivity index (χ3n) is 7.76. The van der Waals surface area contributed by atoms with Gasteiger partial charge in [0.2, 0.25) is 11.8 Å². The average molecular weight is 702 g/mol. The third kappa shape index (κ3) is 11.5. The van der Waals surface area contributed by atoms with Gasteiger partial charge in [0.05, 0.1) is 11.1 Å². The van der Waals surface area contributed by atoms with Crippen molar-refractivity contribution in [1.29, 1.82) is 0 Å². The molecule has 1 atom stereocenters.